The predicted octanol–water partition coefficient (Wildman–Crippen LogP) is 3.49. The van der Waals surface area contributed by atoms with Crippen molar-refractivity contribution in [1.29, 1.82) is 0 Å². The first-order chi connectivity index (χ1) is 10.1. The number of hydrogen-bond donors (Lipinski definition) is 2. The van der Waals surface area contributed by atoms with Crippen molar-refractivity contribution in [3.63, 3.8) is 0 Å². The third-order valence-electron chi connectivity index (χ3n) is 3.53. The van der Waals surface area contributed by atoms with Gasteiger partial charge in [-0.15, -0.1) is 0 Å². The Hall–Kier alpha value is -1.72. The van der Waals surface area contributed by atoms with Crippen molar-refractivity contribution < 1.29 is 9.18 Å². The minimum atomic E-state index is -0.540. The minimum Gasteiger partial charge on any atom is -0.322 e. The lowest BCUT2D eigenvalue weighted by Gasteiger charge is -2.18. The summed E-state index contributed by atoms with van der Waals surface area (Å²) in [6, 6.07) is 10.2. The van der Waals surface area contributed by atoms with E-state index in [9.17, 15) is 9.18 Å². The number of anilines is 1. The zero-order valence-corrected chi connectivity index (χ0v) is 12.8. The Morgan fingerprint density at radius 3 is 2.86 bits per heavy atom. The molecule has 0 unspecified atom stereocenters. The van der Waals surface area contributed by atoms with Gasteiger partial charge in [0.2, 0.25) is 0 Å². The van der Waals surface area contributed by atoms with Crippen molar-refractivity contribution in [3.05, 3.63) is 63.4 Å². The van der Waals surface area contributed by atoms with Gasteiger partial charge in [-0.3, -0.25) is 4.79 Å². The van der Waals surface area contributed by atoms with Gasteiger partial charge in [0.1, 0.15) is 5.82 Å². The maximum atomic E-state index is 13.8. The van der Waals surface area contributed by atoms with Crippen LogP contribution in [0.3, 0.4) is 0 Å². The Labute approximate surface area is 130 Å². The van der Waals surface area contributed by atoms with Crippen molar-refractivity contribution in [2.45, 2.75) is 13.0 Å². The molecule has 21 heavy (non-hydrogen) atoms. The van der Waals surface area contributed by atoms with Gasteiger partial charge in [-0.25, -0.2) is 4.39 Å². The molecule has 0 aromatic heterocycles. The third-order valence-corrected chi connectivity index (χ3v) is 4.02. The molecule has 5 heteroatoms. The van der Waals surface area contributed by atoms with Crippen molar-refractivity contribution in [2.24, 2.45) is 0 Å². The van der Waals surface area contributed by atoms with Crippen LogP contribution in [0, 0.1) is 5.82 Å². The topological polar surface area (TPSA) is 41.1 Å². The van der Waals surface area contributed by atoms with E-state index in [1.165, 1.54) is 23.3 Å². The van der Waals surface area contributed by atoms with E-state index in [0.717, 1.165) is 19.5 Å². The molecule has 3 rings (SSSR count). The molecule has 108 valence electrons. The molecule has 2 N–H and O–H groups in total. The number of nitrogens with one attached hydrogen (secondary N) is 2. The Morgan fingerprint density at radius 2 is 2.05 bits per heavy atom. The third kappa shape index (κ3) is 3.14. The van der Waals surface area contributed by atoms with Crippen LogP contribution in [0.25, 0.3) is 0 Å². The summed E-state index contributed by atoms with van der Waals surface area (Å²) in [6.45, 7) is 1.77. The van der Waals surface area contributed by atoms with Gasteiger partial charge in [0, 0.05) is 16.7 Å². The lowest BCUT2D eigenvalue weighted by molar-refractivity contribution is 0.102. The van der Waals surface area contributed by atoms with Gasteiger partial charge in [-0.05, 0) is 54.4 Å². The number of fused-ring (bicyclic) bond motifs is 1. The Kier molecular flexibility index (Phi) is 4.03. The van der Waals surface area contributed by atoms with Crippen LogP contribution in [0.4, 0.5) is 10.1 Å². The van der Waals surface area contributed by atoms with Gasteiger partial charge in [-0.2, -0.15) is 0 Å². The van der Waals surface area contributed by atoms with E-state index in [2.05, 4.69) is 26.6 Å². The molecule has 1 amide bonds. The summed E-state index contributed by atoms with van der Waals surface area (Å²) in [7, 11) is 0. The first kappa shape index (κ1) is 14.2. The fourth-order valence-electron chi connectivity index (χ4n) is 2.43. The zero-order valence-electron chi connectivity index (χ0n) is 11.2. The van der Waals surface area contributed by atoms with Crippen LogP contribution in [0.2, 0.25) is 0 Å². The Balaban J connectivity index is 1.81. The number of rotatable bonds is 2. The van der Waals surface area contributed by atoms with Gasteiger partial charge >= 0.3 is 0 Å². The van der Waals surface area contributed by atoms with E-state index < -0.39 is 11.7 Å². The summed E-state index contributed by atoms with van der Waals surface area (Å²) < 4.78 is 14.4. The highest BCUT2D eigenvalue weighted by Crippen LogP contribution is 2.21. The number of halogens is 2. The molecule has 1 heterocycles. The highest BCUT2D eigenvalue weighted by molar-refractivity contribution is 9.10. The molecule has 0 fully saturated rings. The summed E-state index contributed by atoms with van der Waals surface area (Å²) in [5.74, 6) is -0.981. The maximum absolute atomic E-state index is 13.8. The largest absolute Gasteiger partial charge is 0.322 e. The highest BCUT2D eigenvalue weighted by atomic mass is 79.9. The van der Waals surface area contributed by atoms with Crippen molar-refractivity contribution in [2.75, 3.05) is 11.9 Å². The lowest BCUT2D eigenvalue weighted by atomic mass is 10.0. The van der Waals surface area contributed by atoms with Gasteiger partial charge < -0.3 is 10.6 Å². The van der Waals surface area contributed by atoms with Crippen molar-refractivity contribution >= 4 is 27.5 Å². The van der Waals surface area contributed by atoms with Crippen LogP contribution in [0.1, 0.15) is 21.5 Å². The number of amides is 1. The van der Waals surface area contributed by atoms with Gasteiger partial charge in [0.25, 0.3) is 5.91 Å². The molecule has 2 aromatic rings. The first-order valence-electron chi connectivity index (χ1n) is 6.72. The van der Waals surface area contributed by atoms with E-state index in [4.69, 9.17) is 0 Å². The van der Waals surface area contributed by atoms with Gasteiger partial charge in [0.15, 0.2) is 0 Å². The van der Waals surface area contributed by atoms with Crippen LogP contribution in [0.5, 0.6) is 0 Å². The Morgan fingerprint density at radius 1 is 1.19 bits per heavy atom. The van der Waals surface area contributed by atoms with Gasteiger partial charge in [-0.1, -0.05) is 22.0 Å². The standard InChI is InChI=1S/C16H14BrFN2O/c17-12-2-4-14(15(18)8-12)16(21)20-13-3-1-10-5-6-19-9-11(10)7-13/h1-4,7-8,19H,5-6,9H2,(H,20,21). The smallest absolute Gasteiger partial charge is 0.258 e. The molecule has 1 aliphatic rings. The monoisotopic (exact) mass is 348 g/mol. The second-order valence-electron chi connectivity index (χ2n) is 4.99. The fourth-order valence-corrected chi connectivity index (χ4v) is 2.76. The molecule has 2 aromatic carbocycles. The molecular formula is C16H14BrFN2O. The quantitative estimate of drug-likeness (QED) is 0.872. The number of carbonyl (C=O) groups excluding carboxylic acids is 1. The minimum absolute atomic E-state index is 0.0362. The Bertz CT molecular complexity index is 703. The van der Waals surface area contributed by atoms with Crippen LogP contribution in [0.15, 0.2) is 40.9 Å². The van der Waals surface area contributed by atoms with E-state index in [1.807, 2.05) is 18.2 Å². The van der Waals surface area contributed by atoms with Crippen LogP contribution < -0.4 is 10.6 Å². The fraction of sp³-hybridized carbons (Fsp3) is 0.188. The van der Waals surface area contributed by atoms with Crippen molar-refractivity contribution in [1.82, 2.24) is 5.32 Å². The molecule has 0 bridgehead atoms. The lowest BCUT2D eigenvalue weighted by Crippen LogP contribution is -2.23. The van der Waals surface area contributed by atoms with E-state index in [-0.39, 0.29) is 5.56 Å². The van der Waals surface area contributed by atoms with Crippen molar-refractivity contribution in [3.8, 4) is 0 Å². The maximum Gasteiger partial charge on any atom is 0.258 e. The first-order valence-corrected chi connectivity index (χ1v) is 7.52. The average molecular weight is 349 g/mol. The SMILES string of the molecule is O=C(Nc1ccc2c(c1)CNCC2)c1ccc(Br)cc1F. The molecule has 0 spiro atoms. The van der Waals surface area contributed by atoms with Gasteiger partial charge in [0.05, 0.1) is 5.56 Å². The number of carbonyl (C=O) groups is 1. The molecule has 0 saturated heterocycles. The molecular weight excluding hydrogens is 335 g/mol. The van der Waals surface area contributed by atoms with E-state index in [0.29, 0.717) is 10.2 Å². The summed E-state index contributed by atoms with van der Waals surface area (Å²) in [6.07, 6.45) is 0.991. The van der Waals surface area contributed by atoms with Crippen LogP contribution >= 0.6 is 15.9 Å². The molecule has 0 atom stereocenters. The second kappa shape index (κ2) is 5.95. The van der Waals surface area contributed by atoms with Crippen LogP contribution in [-0.2, 0) is 13.0 Å². The van der Waals surface area contributed by atoms with E-state index >= 15 is 0 Å². The normalized spacial score (nSPS) is 13.6. The average Bonchev–Trinajstić information content (AvgIpc) is 2.47. The second-order valence-corrected chi connectivity index (χ2v) is 5.90. The number of hydrogen-bond acceptors (Lipinski definition) is 2. The number of benzene rings is 2. The van der Waals surface area contributed by atoms with E-state index in [1.54, 1.807) is 6.07 Å². The highest BCUT2D eigenvalue weighted by Gasteiger charge is 2.14. The summed E-state index contributed by atoms with van der Waals surface area (Å²) in [5, 5.41) is 6.04. The molecule has 3 nitrogen and oxygen atoms in total. The molecule has 0 saturated carbocycles. The zero-order chi connectivity index (χ0) is 14.8. The summed E-state index contributed by atoms with van der Waals surface area (Å²) in [4.78, 5) is 12.1. The molecule has 0 aliphatic carbocycles. The summed E-state index contributed by atoms with van der Waals surface area (Å²) in [5.41, 5.74) is 3.19. The molecule has 1 aliphatic heterocycles. The summed E-state index contributed by atoms with van der Waals surface area (Å²) >= 11 is 3.17. The van der Waals surface area contributed by atoms with Crippen LogP contribution in [-0.4, -0.2) is 12.5 Å². The predicted molar refractivity (Wildman–Crippen MR) is 83.9 cm³/mol. The molecule has 0 radical (unpaired) electrons.